The fraction of sp³-hybridized carbons (Fsp3) is 0.207. The van der Waals surface area contributed by atoms with Crippen LogP contribution in [0.2, 0.25) is 0 Å². The number of rotatable bonds is 7. The van der Waals surface area contributed by atoms with E-state index in [2.05, 4.69) is 6.58 Å². The molecule has 0 aromatic heterocycles. The summed E-state index contributed by atoms with van der Waals surface area (Å²) in [6.07, 6.45) is -0.613. The average Bonchev–Trinajstić information content (AvgIpc) is 3.52. The Balaban J connectivity index is 1.14. The summed E-state index contributed by atoms with van der Waals surface area (Å²) in [6, 6.07) is 21.6. The topological polar surface area (TPSA) is 97.4 Å². The zero-order valence-corrected chi connectivity index (χ0v) is 19.8. The zero-order valence-electron chi connectivity index (χ0n) is 19.8. The minimum Gasteiger partial charge on any atom is -0.453 e. The van der Waals surface area contributed by atoms with Gasteiger partial charge in [-0.15, -0.1) is 0 Å². The highest BCUT2D eigenvalue weighted by atomic mass is 16.7. The Labute approximate surface area is 213 Å². The van der Waals surface area contributed by atoms with Gasteiger partial charge >= 0.3 is 17.9 Å². The van der Waals surface area contributed by atoms with Crippen molar-refractivity contribution in [2.24, 2.45) is 0 Å². The molecule has 2 saturated heterocycles. The van der Waals surface area contributed by atoms with E-state index in [0.29, 0.717) is 16.9 Å². The Hall–Kier alpha value is -4.27. The summed E-state index contributed by atoms with van der Waals surface area (Å²) in [7, 11) is 0. The summed E-state index contributed by atoms with van der Waals surface area (Å²) in [5, 5.41) is 0. The van der Waals surface area contributed by atoms with Crippen molar-refractivity contribution in [3.63, 3.8) is 0 Å². The van der Waals surface area contributed by atoms with E-state index in [9.17, 15) is 14.4 Å². The van der Waals surface area contributed by atoms with Crippen molar-refractivity contribution >= 4 is 24.0 Å². The predicted octanol–water partition coefficient (Wildman–Crippen LogP) is 4.10. The van der Waals surface area contributed by atoms with Crippen molar-refractivity contribution < 1.29 is 38.1 Å². The third-order valence-corrected chi connectivity index (χ3v) is 6.17. The minimum atomic E-state index is -0.644. The van der Waals surface area contributed by atoms with Gasteiger partial charge in [0.1, 0.15) is 18.0 Å². The Morgan fingerprint density at radius 2 is 1.16 bits per heavy atom. The van der Waals surface area contributed by atoms with Crippen LogP contribution in [0.4, 0.5) is 0 Å². The molecule has 0 saturated carbocycles. The van der Waals surface area contributed by atoms with Crippen molar-refractivity contribution in [2.75, 3.05) is 13.2 Å². The fourth-order valence-corrected chi connectivity index (χ4v) is 4.20. The van der Waals surface area contributed by atoms with Gasteiger partial charge in [-0.1, -0.05) is 43.0 Å². The van der Waals surface area contributed by atoms with Crippen LogP contribution in [0.1, 0.15) is 36.6 Å². The van der Waals surface area contributed by atoms with Crippen molar-refractivity contribution in [2.45, 2.75) is 24.4 Å². The first kappa shape index (κ1) is 24.4. The second kappa shape index (κ2) is 10.8. The van der Waals surface area contributed by atoms with Crippen LogP contribution in [0.3, 0.4) is 0 Å². The first-order valence-electron chi connectivity index (χ1n) is 11.8. The highest BCUT2D eigenvalue weighted by Gasteiger charge is 2.51. The van der Waals surface area contributed by atoms with Crippen LogP contribution < -0.4 is 4.74 Å². The Kier molecular flexibility index (Phi) is 7.11. The van der Waals surface area contributed by atoms with E-state index >= 15 is 0 Å². The van der Waals surface area contributed by atoms with Crippen LogP contribution in [0, 0.1) is 0 Å². The van der Waals surface area contributed by atoms with Crippen LogP contribution in [-0.2, 0) is 18.9 Å². The molecule has 4 atom stereocenters. The van der Waals surface area contributed by atoms with E-state index in [1.54, 1.807) is 54.6 Å². The molecule has 5 rings (SSSR count). The van der Waals surface area contributed by atoms with Gasteiger partial charge < -0.3 is 23.7 Å². The van der Waals surface area contributed by atoms with Crippen LogP contribution in [-0.4, -0.2) is 55.5 Å². The van der Waals surface area contributed by atoms with Gasteiger partial charge in [0.05, 0.1) is 29.9 Å². The molecule has 8 nitrogen and oxygen atoms in total. The summed E-state index contributed by atoms with van der Waals surface area (Å²) in [5.41, 5.74) is 2.01. The van der Waals surface area contributed by atoms with Crippen molar-refractivity contribution in [3.8, 4) is 5.75 Å². The number of benzene rings is 3. The lowest BCUT2D eigenvalue weighted by Crippen LogP contribution is -2.36. The molecule has 2 fully saturated rings. The number of hydrogen-bond donors (Lipinski definition) is 0. The predicted molar refractivity (Wildman–Crippen MR) is 132 cm³/mol. The van der Waals surface area contributed by atoms with Gasteiger partial charge in [-0.25, -0.2) is 14.4 Å². The van der Waals surface area contributed by atoms with E-state index in [1.165, 1.54) is 24.3 Å². The Morgan fingerprint density at radius 1 is 0.676 bits per heavy atom. The molecule has 188 valence electrons. The molecule has 2 aliphatic rings. The minimum absolute atomic E-state index is 0.126. The summed E-state index contributed by atoms with van der Waals surface area (Å²) in [6.45, 7) is 3.96. The Morgan fingerprint density at radius 3 is 1.70 bits per heavy atom. The molecule has 8 heteroatoms. The van der Waals surface area contributed by atoms with Crippen LogP contribution in [0.25, 0.3) is 6.08 Å². The van der Waals surface area contributed by atoms with Gasteiger partial charge in [0, 0.05) is 0 Å². The van der Waals surface area contributed by atoms with Crippen molar-refractivity contribution in [3.05, 3.63) is 108 Å². The van der Waals surface area contributed by atoms with Gasteiger partial charge in [-0.05, 0) is 54.1 Å². The maximum Gasteiger partial charge on any atom is 0.343 e. The molecule has 3 aromatic carbocycles. The molecule has 3 aromatic rings. The number of hydrogen-bond acceptors (Lipinski definition) is 8. The molecular formula is C29H24O8. The smallest absolute Gasteiger partial charge is 0.343 e. The van der Waals surface area contributed by atoms with Gasteiger partial charge in [0.2, 0.25) is 0 Å². The molecule has 2 aliphatic heterocycles. The highest BCUT2D eigenvalue weighted by Crippen LogP contribution is 2.31. The second-order valence-electron chi connectivity index (χ2n) is 8.59. The van der Waals surface area contributed by atoms with Gasteiger partial charge in [-0.2, -0.15) is 0 Å². The molecule has 2 heterocycles. The van der Waals surface area contributed by atoms with E-state index in [4.69, 9.17) is 23.7 Å². The summed E-state index contributed by atoms with van der Waals surface area (Å²) >= 11 is 0. The maximum atomic E-state index is 12.7. The molecule has 0 bridgehead atoms. The quantitative estimate of drug-likeness (QED) is 0.353. The zero-order chi connectivity index (χ0) is 25.8. The SMILES string of the molecule is C=Cc1ccc(C(=O)Oc2ccc(C(=O)O[C@H]3CO[C@H]4[C@@H]3OC[C@@H]4OC(=O)c3ccccc3)cc2)cc1. The van der Waals surface area contributed by atoms with E-state index in [0.717, 1.165) is 5.56 Å². The average molecular weight is 501 g/mol. The van der Waals surface area contributed by atoms with Crippen LogP contribution >= 0.6 is 0 Å². The van der Waals surface area contributed by atoms with E-state index in [-0.39, 0.29) is 18.8 Å². The number of esters is 3. The van der Waals surface area contributed by atoms with Crippen LogP contribution in [0.15, 0.2) is 85.4 Å². The number of ether oxygens (including phenoxy) is 5. The molecule has 37 heavy (non-hydrogen) atoms. The highest BCUT2D eigenvalue weighted by molar-refractivity contribution is 5.92. The normalized spacial score (nSPS) is 22.1. The molecule has 0 spiro atoms. The lowest BCUT2D eigenvalue weighted by atomic mass is 10.1. The largest absolute Gasteiger partial charge is 0.453 e. The van der Waals surface area contributed by atoms with Gasteiger partial charge in [0.15, 0.2) is 12.2 Å². The molecule has 0 radical (unpaired) electrons. The second-order valence-corrected chi connectivity index (χ2v) is 8.59. The van der Waals surface area contributed by atoms with Gasteiger partial charge in [0.25, 0.3) is 0 Å². The summed E-state index contributed by atoms with van der Waals surface area (Å²) < 4.78 is 28.1. The molecular weight excluding hydrogens is 476 g/mol. The molecule has 0 unspecified atom stereocenters. The Bertz CT molecular complexity index is 1280. The third-order valence-electron chi connectivity index (χ3n) is 6.17. The first-order chi connectivity index (χ1) is 18.0. The third kappa shape index (κ3) is 5.45. The monoisotopic (exact) mass is 500 g/mol. The first-order valence-corrected chi connectivity index (χ1v) is 11.8. The van der Waals surface area contributed by atoms with E-state index in [1.807, 2.05) is 6.07 Å². The number of carbonyl (C=O) groups excluding carboxylic acids is 3. The molecule has 0 N–H and O–H groups in total. The maximum absolute atomic E-state index is 12.7. The lowest BCUT2D eigenvalue weighted by molar-refractivity contribution is -0.0287. The standard InChI is InChI=1S/C29H24O8/c1-2-18-8-10-20(11-9-18)27(30)35-22-14-12-21(13-15-22)29(32)37-24-17-34-25-23(16-33-26(24)25)36-28(31)19-6-4-3-5-7-19/h2-15,23-26H,1,16-17H2/t23-,24-,25+,26+/m0/s1. The number of fused-ring (bicyclic) bond motifs is 1. The number of carbonyl (C=O) groups is 3. The summed E-state index contributed by atoms with van der Waals surface area (Å²) in [4.78, 5) is 37.4. The molecule has 0 amide bonds. The van der Waals surface area contributed by atoms with E-state index < -0.39 is 42.3 Å². The summed E-state index contributed by atoms with van der Waals surface area (Å²) in [5.74, 6) is -1.25. The van der Waals surface area contributed by atoms with Crippen molar-refractivity contribution in [1.29, 1.82) is 0 Å². The van der Waals surface area contributed by atoms with Crippen LogP contribution in [0.5, 0.6) is 5.75 Å². The van der Waals surface area contributed by atoms with Crippen molar-refractivity contribution in [1.82, 2.24) is 0 Å². The fourth-order valence-electron chi connectivity index (χ4n) is 4.20. The van der Waals surface area contributed by atoms with Gasteiger partial charge in [-0.3, -0.25) is 0 Å². The molecule has 0 aliphatic carbocycles. The lowest BCUT2D eigenvalue weighted by Gasteiger charge is -2.17.